The number of aryl methyl sites for hydroxylation is 1. The van der Waals surface area contributed by atoms with Crippen LogP contribution in [0, 0.1) is 6.92 Å². The molecule has 0 spiro atoms. The molecule has 0 radical (unpaired) electrons. The SMILES string of the molecule is Cc1nc(N2CCOC3CCCC32)sc1CO. The van der Waals surface area contributed by atoms with Gasteiger partial charge in [-0.15, -0.1) is 0 Å². The molecule has 2 aliphatic rings. The molecule has 1 aliphatic heterocycles. The van der Waals surface area contributed by atoms with Crippen LogP contribution in [0.4, 0.5) is 5.13 Å². The molecule has 1 saturated heterocycles. The minimum absolute atomic E-state index is 0.0991. The standard InChI is InChI=1S/C12H18N2O2S/c1-8-11(7-15)17-12(13-8)14-5-6-16-10-4-2-3-9(10)14/h9-10,15H,2-7H2,1H3. The number of rotatable bonds is 2. The molecule has 1 N–H and O–H groups in total. The van der Waals surface area contributed by atoms with E-state index in [9.17, 15) is 5.11 Å². The molecule has 0 aromatic carbocycles. The summed E-state index contributed by atoms with van der Waals surface area (Å²) >= 11 is 1.62. The van der Waals surface area contributed by atoms with Crippen molar-refractivity contribution in [3.63, 3.8) is 0 Å². The molecular formula is C12H18N2O2S. The van der Waals surface area contributed by atoms with Crippen molar-refractivity contribution in [1.82, 2.24) is 4.98 Å². The van der Waals surface area contributed by atoms with E-state index in [2.05, 4.69) is 9.88 Å². The number of hydrogen-bond acceptors (Lipinski definition) is 5. The normalized spacial score (nSPS) is 28.5. The fourth-order valence-corrected chi connectivity index (χ4v) is 3.85. The Bertz CT molecular complexity index is 407. The van der Waals surface area contributed by atoms with Crippen molar-refractivity contribution in [2.24, 2.45) is 0 Å². The smallest absolute Gasteiger partial charge is 0.186 e. The third kappa shape index (κ3) is 1.96. The van der Waals surface area contributed by atoms with Crippen LogP contribution in [0.2, 0.25) is 0 Å². The fraction of sp³-hybridized carbons (Fsp3) is 0.750. The molecule has 4 nitrogen and oxygen atoms in total. The van der Waals surface area contributed by atoms with Crippen molar-refractivity contribution < 1.29 is 9.84 Å². The molecule has 2 heterocycles. The summed E-state index contributed by atoms with van der Waals surface area (Å²) in [6.45, 7) is 3.80. The molecule has 5 heteroatoms. The fourth-order valence-electron chi connectivity index (χ4n) is 2.85. The van der Waals surface area contributed by atoms with Crippen LogP contribution in [0.15, 0.2) is 0 Å². The zero-order chi connectivity index (χ0) is 11.8. The highest BCUT2D eigenvalue weighted by atomic mass is 32.1. The molecule has 1 aromatic rings. The molecular weight excluding hydrogens is 236 g/mol. The Balaban J connectivity index is 1.86. The largest absolute Gasteiger partial charge is 0.391 e. The number of nitrogens with zero attached hydrogens (tertiary/aromatic N) is 2. The predicted octanol–water partition coefficient (Wildman–Crippen LogP) is 1.70. The number of anilines is 1. The zero-order valence-corrected chi connectivity index (χ0v) is 10.9. The van der Waals surface area contributed by atoms with E-state index in [0.29, 0.717) is 12.1 Å². The Hall–Kier alpha value is -0.650. The molecule has 2 atom stereocenters. The predicted molar refractivity (Wildman–Crippen MR) is 67.5 cm³/mol. The van der Waals surface area contributed by atoms with E-state index in [1.807, 2.05) is 6.92 Å². The second-order valence-corrected chi connectivity index (χ2v) is 5.83. The van der Waals surface area contributed by atoms with E-state index in [4.69, 9.17) is 4.74 Å². The van der Waals surface area contributed by atoms with Crippen LogP contribution in [0.5, 0.6) is 0 Å². The molecule has 2 unspecified atom stereocenters. The van der Waals surface area contributed by atoms with Crippen molar-refractivity contribution in [2.75, 3.05) is 18.1 Å². The summed E-state index contributed by atoms with van der Waals surface area (Å²) in [6.07, 6.45) is 4.03. The molecule has 94 valence electrons. The van der Waals surface area contributed by atoms with Gasteiger partial charge in [0.1, 0.15) is 0 Å². The monoisotopic (exact) mass is 254 g/mol. The van der Waals surface area contributed by atoms with E-state index in [1.54, 1.807) is 11.3 Å². The van der Waals surface area contributed by atoms with Crippen molar-refractivity contribution >= 4 is 16.5 Å². The highest BCUT2D eigenvalue weighted by molar-refractivity contribution is 7.15. The second kappa shape index (κ2) is 4.55. The highest BCUT2D eigenvalue weighted by Crippen LogP contribution is 2.35. The van der Waals surface area contributed by atoms with Crippen molar-refractivity contribution in [3.05, 3.63) is 10.6 Å². The maximum atomic E-state index is 9.24. The van der Waals surface area contributed by atoms with Gasteiger partial charge in [0.25, 0.3) is 0 Å². The Morgan fingerprint density at radius 2 is 2.41 bits per heavy atom. The van der Waals surface area contributed by atoms with Crippen molar-refractivity contribution in [3.8, 4) is 0 Å². The molecule has 3 rings (SSSR count). The first kappa shape index (κ1) is 11.4. The Morgan fingerprint density at radius 1 is 1.53 bits per heavy atom. The molecule has 0 bridgehead atoms. The summed E-state index contributed by atoms with van der Waals surface area (Å²) in [5.74, 6) is 0. The summed E-state index contributed by atoms with van der Waals surface area (Å²) < 4.78 is 5.80. The number of aromatic nitrogens is 1. The maximum Gasteiger partial charge on any atom is 0.186 e. The van der Waals surface area contributed by atoms with Crippen molar-refractivity contribution in [1.29, 1.82) is 0 Å². The van der Waals surface area contributed by atoms with Gasteiger partial charge in [0, 0.05) is 6.54 Å². The van der Waals surface area contributed by atoms with E-state index in [1.165, 1.54) is 19.3 Å². The Kier molecular flexibility index (Phi) is 3.06. The van der Waals surface area contributed by atoms with Crippen LogP contribution in [-0.2, 0) is 11.3 Å². The quantitative estimate of drug-likeness (QED) is 0.872. The van der Waals surface area contributed by atoms with Gasteiger partial charge in [-0.1, -0.05) is 11.3 Å². The van der Waals surface area contributed by atoms with Gasteiger partial charge in [0.05, 0.1) is 35.9 Å². The first-order valence-electron chi connectivity index (χ1n) is 6.25. The van der Waals surface area contributed by atoms with Gasteiger partial charge in [-0.05, 0) is 26.2 Å². The van der Waals surface area contributed by atoms with Gasteiger partial charge < -0.3 is 14.7 Å². The minimum Gasteiger partial charge on any atom is -0.391 e. The summed E-state index contributed by atoms with van der Waals surface area (Å²) in [6, 6.07) is 0.501. The summed E-state index contributed by atoms with van der Waals surface area (Å²) in [5.41, 5.74) is 0.966. The third-order valence-electron chi connectivity index (χ3n) is 3.75. The van der Waals surface area contributed by atoms with Crippen LogP contribution in [0.3, 0.4) is 0 Å². The number of aliphatic hydroxyl groups excluding tert-OH is 1. The lowest BCUT2D eigenvalue weighted by atomic mass is 10.1. The first-order chi connectivity index (χ1) is 8.29. The second-order valence-electron chi connectivity index (χ2n) is 4.76. The first-order valence-corrected chi connectivity index (χ1v) is 7.06. The van der Waals surface area contributed by atoms with E-state index in [-0.39, 0.29) is 6.61 Å². The Labute approximate surface area is 105 Å². The number of thiazole rings is 1. The third-order valence-corrected chi connectivity index (χ3v) is 4.93. The number of hydrogen-bond donors (Lipinski definition) is 1. The lowest BCUT2D eigenvalue weighted by Gasteiger charge is -2.37. The topological polar surface area (TPSA) is 45.6 Å². The highest BCUT2D eigenvalue weighted by Gasteiger charge is 2.37. The van der Waals surface area contributed by atoms with Gasteiger partial charge >= 0.3 is 0 Å². The zero-order valence-electron chi connectivity index (χ0n) is 10.1. The van der Waals surface area contributed by atoms with Crippen molar-refractivity contribution in [2.45, 2.75) is 44.9 Å². The maximum absolute atomic E-state index is 9.24. The Morgan fingerprint density at radius 3 is 3.18 bits per heavy atom. The van der Waals surface area contributed by atoms with Crippen LogP contribution in [-0.4, -0.2) is 35.4 Å². The van der Waals surface area contributed by atoms with Gasteiger partial charge in [-0.25, -0.2) is 4.98 Å². The summed E-state index contributed by atoms with van der Waals surface area (Å²) in [5, 5.41) is 10.3. The summed E-state index contributed by atoms with van der Waals surface area (Å²) in [7, 11) is 0. The molecule has 17 heavy (non-hydrogen) atoms. The molecule has 1 aromatic heterocycles. The average Bonchev–Trinajstić information content (AvgIpc) is 2.94. The van der Waals surface area contributed by atoms with Crippen LogP contribution >= 0.6 is 11.3 Å². The van der Waals surface area contributed by atoms with Gasteiger partial charge in [0.2, 0.25) is 0 Å². The van der Waals surface area contributed by atoms with Crippen LogP contribution in [0.25, 0.3) is 0 Å². The molecule has 0 amide bonds. The number of morpholine rings is 1. The van der Waals surface area contributed by atoms with E-state index < -0.39 is 0 Å². The van der Waals surface area contributed by atoms with E-state index >= 15 is 0 Å². The van der Waals surface area contributed by atoms with Gasteiger partial charge in [-0.3, -0.25) is 0 Å². The van der Waals surface area contributed by atoms with Gasteiger partial charge in [-0.2, -0.15) is 0 Å². The number of ether oxygens (including phenoxy) is 1. The lowest BCUT2D eigenvalue weighted by molar-refractivity contribution is 0.0256. The molecule has 1 aliphatic carbocycles. The van der Waals surface area contributed by atoms with Crippen LogP contribution in [0.1, 0.15) is 29.8 Å². The lowest BCUT2D eigenvalue weighted by Crippen LogP contribution is -2.48. The van der Waals surface area contributed by atoms with Gasteiger partial charge in [0.15, 0.2) is 5.13 Å². The molecule has 1 saturated carbocycles. The average molecular weight is 254 g/mol. The minimum atomic E-state index is 0.0991. The molecule has 2 fully saturated rings. The summed E-state index contributed by atoms with van der Waals surface area (Å²) in [4.78, 5) is 7.97. The number of aliphatic hydroxyl groups is 1. The van der Waals surface area contributed by atoms with Crippen LogP contribution < -0.4 is 4.90 Å². The van der Waals surface area contributed by atoms with E-state index in [0.717, 1.165) is 28.9 Å². The number of fused-ring (bicyclic) bond motifs is 1.